The van der Waals surface area contributed by atoms with E-state index in [1.807, 2.05) is 6.92 Å². The SMILES string of the molecule is C=CN=C(C)N=C(C=C)C(C)(C)C. The number of hydrogen-bond acceptors (Lipinski definition) is 1. The molecule has 0 aliphatic carbocycles. The summed E-state index contributed by atoms with van der Waals surface area (Å²) in [6, 6.07) is 0. The monoisotopic (exact) mass is 178 g/mol. The topological polar surface area (TPSA) is 24.7 Å². The van der Waals surface area contributed by atoms with Gasteiger partial charge in [-0.25, -0.2) is 9.98 Å². The van der Waals surface area contributed by atoms with Gasteiger partial charge in [0.2, 0.25) is 0 Å². The van der Waals surface area contributed by atoms with Crippen LogP contribution in [0.1, 0.15) is 27.7 Å². The van der Waals surface area contributed by atoms with Crippen molar-refractivity contribution in [2.24, 2.45) is 15.4 Å². The molecule has 0 aliphatic rings. The Morgan fingerprint density at radius 2 is 1.77 bits per heavy atom. The molecule has 72 valence electrons. The fraction of sp³-hybridized carbons (Fsp3) is 0.455. The Morgan fingerprint density at radius 1 is 1.23 bits per heavy atom. The zero-order valence-corrected chi connectivity index (χ0v) is 8.96. The second kappa shape index (κ2) is 4.75. The Hall–Kier alpha value is -1.18. The van der Waals surface area contributed by atoms with Crippen LogP contribution in [0, 0.1) is 5.41 Å². The van der Waals surface area contributed by atoms with Gasteiger partial charge in [-0.05, 0) is 13.0 Å². The van der Waals surface area contributed by atoms with E-state index in [0.717, 1.165) is 5.71 Å². The number of aliphatic imine (C=N–C) groups is 2. The smallest absolute Gasteiger partial charge is 0.125 e. The first kappa shape index (κ1) is 11.8. The van der Waals surface area contributed by atoms with Crippen LogP contribution in [0.4, 0.5) is 0 Å². The van der Waals surface area contributed by atoms with Crippen molar-refractivity contribution in [3.8, 4) is 0 Å². The third kappa shape index (κ3) is 4.41. The van der Waals surface area contributed by atoms with Gasteiger partial charge in [0.15, 0.2) is 0 Å². The summed E-state index contributed by atoms with van der Waals surface area (Å²) in [5.41, 5.74) is 0.954. The van der Waals surface area contributed by atoms with Gasteiger partial charge in [-0.3, -0.25) is 0 Å². The summed E-state index contributed by atoms with van der Waals surface area (Å²) in [6.45, 7) is 15.4. The van der Waals surface area contributed by atoms with Crippen LogP contribution in [0.5, 0.6) is 0 Å². The summed E-state index contributed by atoms with van der Waals surface area (Å²) in [5, 5.41) is 0. The fourth-order valence-corrected chi connectivity index (χ4v) is 0.855. The predicted octanol–water partition coefficient (Wildman–Crippen LogP) is 3.22. The van der Waals surface area contributed by atoms with Gasteiger partial charge in [-0.1, -0.05) is 33.9 Å². The number of hydrogen-bond donors (Lipinski definition) is 0. The molecule has 0 radical (unpaired) electrons. The summed E-state index contributed by atoms with van der Waals surface area (Å²) in [4.78, 5) is 8.30. The fourth-order valence-electron chi connectivity index (χ4n) is 0.855. The maximum absolute atomic E-state index is 4.33. The van der Waals surface area contributed by atoms with Crippen LogP contribution in [0.3, 0.4) is 0 Å². The lowest BCUT2D eigenvalue weighted by Crippen LogP contribution is -2.18. The summed E-state index contributed by atoms with van der Waals surface area (Å²) in [7, 11) is 0. The Kier molecular flexibility index (Phi) is 4.32. The lowest BCUT2D eigenvalue weighted by molar-refractivity contribution is 0.595. The highest BCUT2D eigenvalue weighted by Gasteiger charge is 2.15. The van der Waals surface area contributed by atoms with Crippen LogP contribution in [0.25, 0.3) is 0 Å². The molecule has 0 aromatic rings. The van der Waals surface area contributed by atoms with Crippen molar-refractivity contribution in [3.63, 3.8) is 0 Å². The normalized spacial score (nSPS) is 14.2. The zero-order chi connectivity index (χ0) is 10.5. The van der Waals surface area contributed by atoms with Gasteiger partial charge in [-0.2, -0.15) is 0 Å². The van der Waals surface area contributed by atoms with Crippen LogP contribution >= 0.6 is 0 Å². The highest BCUT2D eigenvalue weighted by atomic mass is 14.9. The average Bonchev–Trinajstić information content (AvgIpc) is 1.98. The van der Waals surface area contributed by atoms with Gasteiger partial charge in [0.25, 0.3) is 0 Å². The average molecular weight is 178 g/mol. The Morgan fingerprint density at radius 3 is 2.08 bits per heavy atom. The van der Waals surface area contributed by atoms with E-state index in [-0.39, 0.29) is 5.41 Å². The first-order valence-electron chi connectivity index (χ1n) is 4.28. The standard InChI is InChI=1S/C11H18N2/c1-7-10(11(4,5)6)13-9(3)12-8-2/h7-8H,1-2H2,3-6H3. The Labute approximate surface area is 80.8 Å². The van der Waals surface area contributed by atoms with E-state index >= 15 is 0 Å². The molecule has 0 rings (SSSR count). The Balaban J connectivity index is 4.88. The second-order valence-electron chi connectivity index (χ2n) is 3.81. The molecule has 0 aliphatic heterocycles. The molecule has 0 saturated carbocycles. The van der Waals surface area contributed by atoms with Gasteiger partial charge in [-0.15, -0.1) is 0 Å². The summed E-state index contributed by atoms with van der Waals surface area (Å²) >= 11 is 0. The van der Waals surface area contributed by atoms with Gasteiger partial charge >= 0.3 is 0 Å². The van der Waals surface area contributed by atoms with Gasteiger partial charge < -0.3 is 0 Å². The van der Waals surface area contributed by atoms with E-state index in [1.54, 1.807) is 6.08 Å². The second-order valence-corrected chi connectivity index (χ2v) is 3.81. The molecule has 0 aromatic heterocycles. The van der Waals surface area contributed by atoms with Crippen molar-refractivity contribution < 1.29 is 0 Å². The number of allylic oxidation sites excluding steroid dienone is 1. The van der Waals surface area contributed by atoms with Gasteiger partial charge in [0.05, 0.1) is 0 Å². The first-order valence-corrected chi connectivity index (χ1v) is 4.28. The molecule has 0 N–H and O–H groups in total. The first-order chi connectivity index (χ1) is 5.91. The lowest BCUT2D eigenvalue weighted by Gasteiger charge is -2.18. The maximum Gasteiger partial charge on any atom is 0.125 e. The molecule has 0 spiro atoms. The third-order valence-electron chi connectivity index (χ3n) is 1.52. The molecular weight excluding hydrogens is 160 g/mol. The van der Waals surface area contributed by atoms with Crippen LogP contribution in [-0.4, -0.2) is 11.5 Å². The minimum Gasteiger partial charge on any atom is -0.242 e. The van der Waals surface area contributed by atoms with Crippen LogP contribution in [0.15, 0.2) is 35.4 Å². The van der Waals surface area contributed by atoms with Crippen molar-refractivity contribution >= 4 is 11.5 Å². The molecule has 2 nitrogen and oxygen atoms in total. The molecule has 0 amide bonds. The van der Waals surface area contributed by atoms with Crippen molar-refractivity contribution in [1.29, 1.82) is 0 Å². The minimum atomic E-state index is 0.0136. The molecule has 0 fully saturated rings. The van der Waals surface area contributed by atoms with Crippen molar-refractivity contribution in [3.05, 3.63) is 25.4 Å². The zero-order valence-electron chi connectivity index (χ0n) is 8.96. The minimum absolute atomic E-state index is 0.0136. The van der Waals surface area contributed by atoms with Crippen LogP contribution < -0.4 is 0 Å². The van der Waals surface area contributed by atoms with Crippen LogP contribution in [0.2, 0.25) is 0 Å². The molecule has 13 heavy (non-hydrogen) atoms. The molecule has 0 saturated heterocycles. The summed E-state index contributed by atoms with van der Waals surface area (Å²) in [5.74, 6) is 0.708. The quantitative estimate of drug-likeness (QED) is 0.458. The van der Waals surface area contributed by atoms with E-state index in [1.165, 1.54) is 6.20 Å². The predicted molar refractivity (Wildman–Crippen MR) is 60.4 cm³/mol. The van der Waals surface area contributed by atoms with E-state index in [9.17, 15) is 0 Å². The molecular formula is C11H18N2. The van der Waals surface area contributed by atoms with E-state index < -0.39 is 0 Å². The number of rotatable bonds is 2. The van der Waals surface area contributed by atoms with Gasteiger partial charge in [0, 0.05) is 17.3 Å². The molecule has 0 unspecified atom stereocenters. The highest BCUT2D eigenvalue weighted by Crippen LogP contribution is 2.16. The maximum atomic E-state index is 4.33. The van der Waals surface area contributed by atoms with Crippen molar-refractivity contribution in [1.82, 2.24) is 0 Å². The molecule has 0 aromatic carbocycles. The van der Waals surface area contributed by atoms with Crippen molar-refractivity contribution in [2.45, 2.75) is 27.7 Å². The molecule has 0 atom stereocenters. The summed E-state index contributed by atoms with van der Waals surface area (Å²) < 4.78 is 0. The third-order valence-corrected chi connectivity index (χ3v) is 1.52. The molecule has 0 heterocycles. The largest absolute Gasteiger partial charge is 0.242 e. The number of amidine groups is 1. The molecule has 2 heteroatoms. The number of nitrogens with zero attached hydrogens (tertiary/aromatic N) is 2. The summed E-state index contributed by atoms with van der Waals surface area (Å²) in [6.07, 6.45) is 3.25. The van der Waals surface area contributed by atoms with Crippen molar-refractivity contribution in [2.75, 3.05) is 0 Å². The molecule has 0 bridgehead atoms. The lowest BCUT2D eigenvalue weighted by atomic mass is 9.90. The van der Waals surface area contributed by atoms with Gasteiger partial charge in [0.1, 0.15) is 5.84 Å². The van der Waals surface area contributed by atoms with Crippen LogP contribution in [-0.2, 0) is 0 Å². The van der Waals surface area contributed by atoms with E-state index in [4.69, 9.17) is 0 Å². The van der Waals surface area contributed by atoms with E-state index in [2.05, 4.69) is 43.9 Å². The highest BCUT2D eigenvalue weighted by molar-refractivity contribution is 6.05. The Bertz CT molecular complexity index is 252. The van der Waals surface area contributed by atoms with E-state index in [0.29, 0.717) is 5.84 Å².